The maximum Gasteiger partial charge on any atom is 0.329 e. The molecule has 5 nitrogen and oxygen atoms in total. The number of aryl methyl sites for hydroxylation is 2. The molecule has 2 aromatic carbocycles. The van der Waals surface area contributed by atoms with Crippen molar-refractivity contribution in [2.45, 2.75) is 45.3 Å². The third kappa shape index (κ3) is 2.83. The number of nitrogens with one attached hydrogen (secondary N) is 1. The first-order valence-corrected chi connectivity index (χ1v) is 9.24. The number of rotatable bonds is 5. The van der Waals surface area contributed by atoms with Crippen LogP contribution in [-0.2, 0) is 24.3 Å². The second kappa shape index (κ2) is 6.83. The van der Waals surface area contributed by atoms with Crippen LogP contribution in [0.25, 0.3) is 11.0 Å². The van der Waals surface area contributed by atoms with E-state index in [9.17, 15) is 9.59 Å². The third-order valence-electron chi connectivity index (χ3n) is 5.14. The predicted molar refractivity (Wildman–Crippen MR) is 102 cm³/mol. The first-order chi connectivity index (χ1) is 12.7. The number of hydrogen-bond acceptors (Lipinski definition) is 2. The number of hydrogen-bond donors (Lipinski definition) is 1. The van der Waals surface area contributed by atoms with Gasteiger partial charge in [0, 0.05) is 6.54 Å². The standard InChI is InChI=1S/C21H23N3O2/c1-2-13-23-18-9-5-6-10-19(18)24(21(23)26)14-20(25)22-17-12-11-15-7-3-4-8-16(15)17/h3-10,17H,2,11-14H2,1H3,(H,22,25). The SMILES string of the molecule is CCCn1c(=O)n(CC(=O)NC2CCc3ccccc32)c2ccccc21. The molecule has 1 aliphatic carbocycles. The Bertz CT molecular complexity index is 1020. The van der Waals surface area contributed by atoms with E-state index in [1.807, 2.05) is 43.3 Å². The maximum absolute atomic E-state index is 12.8. The van der Waals surface area contributed by atoms with Crippen LogP contribution >= 0.6 is 0 Å². The van der Waals surface area contributed by atoms with Crippen LogP contribution in [0.4, 0.5) is 0 Å². The van der Waals surface area contributed by atoms with Crippen molar-refractivity contribution in [2.75, 3.05) is 0 Å². The Balaban J connectivity index is 1.59. The van der Waals surface area contributed by atoms with Gasteiger partial charge in [0.1, 0.15) is 6.54 Å². The summed E-state index contributed by atoms with van der Waals surface area (Å²) in [5.41, 5.74) is 4.08. The summed E-state index contributed by atoms with van der Waals surface area (Å²) in [5.74, 6) is -0.117. The normalized spacial score (nSPS) is 16.0. The Morgan fingerprint density at radius 2 is 1.77 bits per heavy atom. The fraction of sp³-hybridized carbons (Fsp3) is 0.333. The lowest BCUT2D eigenvalue weighted by atomic mass is 10.1. The monoisotopic (exact) mass is 349 g/mol. The minimum atomic E-state index is -0.117. The summed E-state index contributed by atoms with van der Waals surface area (Å²) < 4.78 is 3.34. The van der Waals surface area contributed by atoms with Gasteiger partial charge in [-0.3, -0.25) is 13.9 Å². The van der Waals surface area contributed by atoms with Crippen molar-refractivity contribution >= 4 is 16.9 Å². The molecule has 0 aliphatic heterocycles. The van der Waals surface area contributed by atoms with Crippen molar-refractivity contribution in [3.8, 4) is 0 Å². The molecule has 5 heteroatoms. The third-order valence-corrected chi connectivity index (χ3v) is 5.14. The second-order valence-electron chi connectivity index (χ2n) is 6.87. The van der Waals surface area contributed by atoms with Crippen LogP contribution in [-0.4, -0.2) is 15.0 Å². The fourth-order valence-electron chi connectivity index (χ4n) is 3.96. The Labute approximate surface area is 152 Å². The molecule has 1 aliphatic rings. The zero-order chi connectivity index (χ0) is 18.1. The topological polar surface area (TPSA) is 56.0 Å². The van der Waals surface area contributed by atoms with Crippen LogP contribution < -0.4 is 11.0 Å². The van der Waals surface area contributed by atoms with Gasteiger partial charge in [-0.15, -0.1) is 0 Å². The number of aromatic nitrogens is 2. The molecule has 0 fully saturated rings. The number of amides is 1. The van der Waals surface area contributed by atoms with Crippen molar-refractivity contribution in [1.82, 2.24) is 14.5 Å². The molecule has 0 saturated carbocycles. The molecule has 26 heavy (non-hydrogen) atoms. The number of para-hydroxylation sites is 2. The summed E-state index contributed by atoms with van der Waals surface area (Å²) in [6.45, 7) is 2.75. The summed E-state index contributed by atoms with van der Waals surface area (Å²) in [4.78, 5) is 25.5. The van der Waals surface area contributed by atoms with Gasteiger partial charge in [-0.2, -0.15) is 0 Å². The van der Waals surface area contributed by atoms with Gasteiger partial charge in [0.15, 0.2) is 0 Å². The Kier molecular flexibility index (Phi) is 4.37. The lowest BCUT2D eigenvalue weighted by Gasteiger charge is -2.14. The molecule has 134 valence electrons. The van der Waals surface area contributed by atoms with Crippen LogP contribution in [0.3, 0.4) is 0 Å². The van der Waals surface area contributed by atoms with E-state index in [2.05, 4.69) is 17.4 Å². The van der Waals surface area contributed by atoms with E-state index in [-0.39, 0.29) is 24.2 Å². The summed E-state index contributed by atoms with van der Waals surface area (Å²) in [5, 5.41) is 3.11. The van der Waals surface area contributed by atoms with E-state index in [1.165, 1.54) is 11.1 Å². The zero-order valence-corrected chi connectivity index (χ0v) is 14.9. The Hall–Kier alpha value is -2.82. The molecule has 1 atom stereocenters. The average Bonchev–Trinajstić information content (AvgIpc) is 3.17. The van der Waals surface area contributed by atoms with Gasteiger partial charge >= 0.3 is 5.69 Å². The van der Waals surface area contributed by atoms with Gasteiger partial charge in [-0.05, 0) is 42.5 Å². The van der Waals surface area contributed by atoms with E-state index in [0.29, 0.717) is 6.54 Å². The molecule has 0 radical (unpaired) electrons. The summed E-state index contributed by atoms with van der Waals surface area (Å²) in [7, 11) is 0. The molecular formula is C21H23N3O2. The van der Waals surface area contributed by atoms with Gasteiger partial charge in [0.2, 0.25) is 5.91 Å². The van der Waals surface area contributed by atoms with Crippen LogP contribution in [0.1, 0.15) is 36.9 Å². The van der Waals surface area contributed by atoms with E-state index in [0.717, 1.165) is 30.3 Å². The van der Waals surface area contributed by atoms with E-state index >= 15 is 0 Å². The second-order valence-corrected chi connectivity index (χ2v) is 6.87. The van der Waals surface area contributed by atoms with Gasteiger partial charge in [-0.1, -0.05) is 43.3 Å². The van der Waals surface area contributed by atoms with Crippen LogP contribution in [0.5, 0.6) is 0 Å². The zero-order valence-electron chi connectivity index (χ0n) is 14.9. The Morgan fingerprint density at radius 1 is 1.08 bits per heavy atom. The first kappa shape index (κ1) is 16.6. The van der Waals surface area contributed by atoms with Gasteiger partial charge in [-0.25, -0.2) is 4.79 Å². The predicted octanol–water partition coefficient (Wildman–Crippen LogP) is 3.02. The number of nitrogens with zero attached hydrogens (tertiary/aromatic N) is 2. The summed E-state index contributed by atoms with van der Waals surface area (Å²) in [6.07, 6.45) is 2.77. The quantitative estimate of drug-likeness (QED) is 0.770. The smallest absolute Gasteiger partial charge is 0.329 e. The maximum atomic E-state index is 12.8. The minimum Gasteiger partial charge on any atom is -0.348 e. The highest BCUT2D eigenvalue weighted by Crippen LogP contribution is 2.30. The highest BCUT2D eigenvalue weighted by molar-refractivity contribution is 5.81. The summed E-state index contributed by atoms with van der Waals surface area (Å²) in [6, 6.07) is 15.9. The van der Waals surface area contributed by atoms with Crippen molar-refractivity contribution in [3.63, 3.8) is 0 Å². The molecule has 1 N–H and O–H groups in total. The highest BCUT2D eigenvalue weighted by atomic mass is 16.2. The number of carbonyl (C=O) groups excluding carboxylic acids is 1. The van der Waals surface area contributed by atoms with Gasteiger partial charge in [0.25, 0.3) is 0 Å². The largest absolute Gasteiger partial charge is 0.348 e. The van der Waals surface area contributed by atoms with Crippen molar-refractivity contribution in [1.29, 1.82) is 0 Å². The first-order valence-electron chi connectivity index (χ1n) is 9.24. The lowest BCUT2D eigenvalue weighted by Crippen LogP contribution is -2.34. The number of carbonyl (C=O) groups is 1. The van der Waals surface area contributed by atoms with Crippen molar-refractivity contribution < 1.29 is 4.79 Å². The molecule has 4 rings (SSSR count). The molecular weight excluding hydrogens is 326 g/mol. The summed E-state index contributed by atoms with van der Waals surface area (Å²) >= 11 is 0. The lowest BCUT2D eigenvalue weighted by molar-refractivity contribution is -0.122. The van der Waals surface area contributed by atoms with E-state index < -0.39 is 0 Å². The van der Waals surface area contributed by atoms with Crippen LogP contribution in [0.2, 0.25) is 0 Å². The number of fused-ring (bicyclic) bond motifs is 2. The molecule has 1 unspecified atom stereocenters. The molecule has 1 heterocycles. The van der Waals surface area contributed by atoms with Crippen LogP contribution in [0, 0.1) is 0 Å². The number of imidazole rings is 1. The van der Waals surface area contributed by atoms with E-state index in [4.69, 9.17) is 0 Å². The highest BCUT2D eigenvalue weighted by Gasteiger charge is 2.24. The molecule has 1 aromatic heterocycles. The van der Waals surface area contributed by atoms with E-state index in [1.54, 1.807) is 9.13 Å². The van der Waals surface area contributed by atoms with Gasteiger partial charge < -0.3 is 5.32 Å². The fourth-order valence-corrected chi connectivity index (χ4v) is 3.96. The molecule has 3 aromatic rings. The number of benzene rings is 2. The van der Waals surface area contributed by atoms with Crippen molar-refractivity contribution in [3.05, 3.63) is 70.1 Å². The molecule has 1 amide bonds. The van der Waals surface area contributed by atoms with Crippen LogP contribution in [0.15, 0.2) is 53.3 Å². The molecule has 0 spiro atoms. The molecule has 0 saturated heterocycles. The van der Waals surface area contributed by atoms with Crippen molar-refractivity contribution in [2.24, 2.45) is 0 Å². The average molecular weight is 349 g/mol. The minimum absolute atomic E-state index is 0.0402. The van der Waals surface area contributed by atoms with Gasteiger partial charge in [0.05, 0.1) is 17.1 Å². The molecule has 0 bridgehead atoms. The Morgan fingerprint density at radius 3 is 2.54 bits per heavy atom.